The summed E-state index contributed by atoms with van der Waals surface area (Å²) in [5.74, 6) is 0.782. The molecule has 1 radical (unpaired) electrons. The van der Waals surface area contributed by atoms with E-state index in [1.807, 2.05) is 38.5 Å². The van der Waals surface area contributed by atoms with Crippen LogP contribution in [0.25, 0.3) is 5.65 Å². The van der Waals surface area contributed by atoms with E-state index in [1.165, 1.54) is 0 Å². The number of aliphatic hydroxyl groups is 1. The summed E-state index contributed by atoms with van der Waals surface area (Å²) in [6, 6.07) is 5.74. The Morgan fingerprint density at radius 2 is 2.17 bits per heavy atom. The first-order valence-electron chi connectivity index (χ1n) is 7.53. The van der Waals surface area contributed by atoms with E-state index in [0.717, 1.165) is 22.5 Å². The SMILES string of the molecule is C[B]c1cnn2c(NCc3cccnc3)cc(C(C)(C)O)nc12. The van der Waals surface area contributed by atoms with Crippen LogP contribution < -0.4 is 10.8 Å². The minimum Gasteiger partial charge on any atom is -0.384 e. The molecule has 0 saturated heterocycles. The third-order valence-electron chi connectivity index (χ3n) is 3.63. The summed E-state index contributed by atoms with van der Waals surface area (Å²) in [6.07, 6.45) is 5.33. The molecule has 0 atom stereocenters. The molecular weight excluding hydrogens is 289 g/mol. The number of rotatable bonds is 5. The maximum atomic E-state index is 10.3. The van der Waals surface area contributed by atoms with Gasteiger partial charge in [-0.3, -0.25) is 4.98 Å². The number of anilines is 1. The molecule has 0 aliphatic rings. The first-order valence-corrected chi connectivity index (χ1v) is 7.53. The minimum absolute atomic E-state index is 0.599. The Balaban J connectivity index is 2.02. The van der Waals surface area contributed by atoms with Crippen LogP contribution in [-0.4, -0.2) is 32.0 Å². The van der Waals surface area contributed by atoms with Gasteiger partial charge in [-0.05, 0) is 30.9 Å². The molecule has 0 saturated carbocycles. The van der Waals surface area contributed by atoms with E-state index < -0.39 is 5.60 Å². The summed E-state index contributed by atoms with van der Waals surface area (Å²) < 4.78 is 1.75. The van der Waals surface area contributed by atoms with Crippen LogP contribution in [0.2, 0.25) is 6.82 Å². The van der Waals surface area contributed by atoms with Crippen LogP contribution in [0.3, 0.4) is 0 Å². The monoisotopic (exact) mass is 308 g/mol. The maximum Gasteiger partial charge on any atom is 0.155 e. The molecule has 0 amide bonds. The lowest BCUT2D eigenvalue weighted by Gasteiger charge is -2.19. The Morgan fingerprint density at radius 3 is 2.83 bits per heavy atom. The first-order chi connectivity index (χ1) is 11.0. The molecule has 0 bridgehead atoms. The van der Waals surface area contributed by atoms with Gasteiger partial charge in [0, 0.05) is 31.2 Å². The predicted octanol–water partition coefficient (Wildman–Crippen LogP) is 1.34. The van der Waals surface area contributed by atoms with E-state index in [4.69, 9.17) is 0 Å². The topological polar surface area (TPSA) is 75.3 Å². The quantitative estimate of drug-likeness (QED) is 0.696. The van der Waals surface area contributed by atoms with Crippen molar-refractivity contribution in [3.63, 3.8) is 0 Å². The summed E-state index contributed by atoms with van der Waals surface area (Å²) in [7, 11) is 1.95. The number of nitrogens with one attached hydrogen (secondary N) is 1. The normalized spacial score (nSPS) is 11.7. The average molecular weight is 308 g/mol. The molecular formula is C16H19BN5O. The molecule has 0 spiro atoms. The summed E-state index contributed by atoms with van der Waals surface area (Å²) in [5, 5.41) is 18.1. The van der Waals surface area contributed by atoms with Crippen LogP contribution in [0, 0.1) is 0 Å². The molecule has 0 unspecified atom stereocenters. The maximum absolute atomic E-state index is 10.3. The van der Waals surface area contributed by atoms with Gasteiger partial charge in [0.25, 0.3) is 0 Å². The van der Waals surface area contributed by atoms with Crippen LogP contribution in [0.1, 0.15) is 25.1 Å². The van der Waals surface area contributed by atoms with Crippen molar-refractivity contribution in [3.05, 3.63) is 48.0 Å². The number of nitrogens with zero attached hydrogens (tertiary/aromatic N) is 4. The van der Waals surface area contributed by atoms with Gasteiger partial charge < -0.3 is 10.4 Å². The van der Waals surface area contributed by atoms with E-state index in [9.17, 15) is 5.11 Å². The Bertz CT molecular complexity index is 810. The van der Waals surface area contributed by atoms with E-state index in [0.29, 0.717) is 12.2 Å². The highest BCUT2D eigenvalue weighted by Crippen LogP contribution is 2.22. The number of hydrogen-bond donors (Lipinski definition) is 2. The molecule has 2 N–H and O–H groups in total. The molecule has 0 fully saturated rings. The van der Waals surface area contributed by atoms with Crippen LogP contribution in [0.4, 0.5) is 5.82 Å². The highest BCUT2D eigenvalue weighted by Gasteiger charge is 2.21. The molecule has 0 aliphatic heterocycles. The zero-order chi connectivity index (χ0) is 16.4. The van der Waals surface area contributed by atoms with Crippen molar-refractivity contribution < 1.29 is 5.11 Å². The third-order valence-corrected chi connectivity index (χ3v) is 3.63. The minimum atomic E-state index is -1.03. The summed E-state index contributed by atoms with van der Waals surface area (Å²) >= 11 is 0. The molecule has 6 nitrogen and oxygen atoms in total. The zero-order valence-corrected chi connectivity index (χ0v) is 13.5. The Morgan fingerprint density at radius 1 is 1.35 bits per heavy atom. The van der Waals surface area contributed by atoms with Gasteiger partial charge >= 0.3 is 0 Å². The van der Waals surface area contributed by atoms with E-state index in [2.05, 4.69) is 20.4 Å². The van der Waals surface area contributed by atoms with E-state index in [1.54, 1.807) is 30.8 Å². The molecule has 3 aromatic heterocycles. The van der Waals surface area contributed by atoms with Gasteiger partial charge in [0.15, 0.2) is 12.9 Å². The van der Waals surface area contributed by atoms with Crippen LogP contribution in [0.15, 0.2) is 36.8 Å². The lowest BCUT2D eigenvalue weighted by atomic mass is 9.75. The van der Waals surface area contributed by atoms with Crippen LogP contribution >= 0.6 is 0 Å². The fourth-order valence-electron chi connectivity index (χ4n) is 2.32. The van der Waals surface area contributed by atoms with Gasteiger partial charge in [0.05, 0.1) is 5.69 Å². The number of pyridine rings is 1. The van der Waals surface area contributed by atoms with Crippen LogP contribution in [-0.2, 0) is 12.1 Å². The highest BCUT2D eigenvalue weighted by atomic mass is 16.3. The average Bonchev–Trinajstić information content (AvgIpc) is 2.96. The van der Waals surface area contributed by atoms with Gasteiger partial charge in [0.2, 0.25) is 0 Å². The highest BCUT2D eigenvalue weighted by molar-refractivity contribution is 6.54. The van der Waals surface area contributed by atoms with Gasteiger partial charge in [0.1, 0.15) is 11.4 Å². The van der Waals surface area contributed by atoms with Gasteiger partial charge in [-0.1, -0.05) is 12.9 Å². The predicted molar refractivity (Wildman–Crippen MR) is 91.0 cm³/mol. The molecule has 7 heteroatoms. The standard InChI is InChI=1S/C16H19BN5O/c1-16(2,23)13-7-14(19-9-11-5-4-6-18-8-11)22-15(21-13)12(17-3)10-20-22/h4-8,10,19,23H,9H2,1-3H3. The van der Waals surface area contributed by atoms with Crippen molar-refractivity contribution in [1.29, 1.82) is 0 Å². The Labute approximate surface area is 135 Å². The molecule has 3 heterocycles. The Kier molecular flexibility index (Phi) is 4.04. The lowest BCUT2D eigenvalue weighted by Crippen LogP contribution is -2.21. The fourth-order valence-corrected chi connectivity index (χ4v) is 2.32. The molecule has 0 aromatic carbocycles. The second-order valence-electron chi connectivity index (χ2n) is 5.92. The van der Waals surface area contributed by atoms with Crippen LogP contribution in [0.5, 0.6) is 0 Å². The molecule has 23 heavy (non-hydrogen) atoms. The van der Waals surface area contributed by atoms with Crippen molar-refractivity contribution in [3.8, 4) is 0 Å². The molecule has 117 valence electrons. The summed E-state index contributed by atoms with van der Waals surface area (Å²) in [4.78, 5) is 8.67. The smallest absolute Gasteiger partial charge is 0.155 e. The van der Waals surface area contributed by atoms with Gasteiger partial charge in [-0.15, -0.1) is 0 Å². The van der Waals surface area contributed by atoms with Crippen molar-refractivity contribution in [2.45, 2.75) is 32.8 Å². The third kappa shape index (κ3) is 3.19. The van der Waals surface area contributed by atoms with Crippen molar-refractivity contribution in [2.75, 3.05) is 5.32 Å². The van der Waals surface area contributed by atoms with Crippen molar-refractivity contribution >= 4 is 24.2 Å². The largest absolute Gasteiger partial charge is 0.384 e. The Hall–Kier alpha value is -2.41. The molecule has 0 aliphatic carbocycles. The first kappa shape index (κ1) is 15.5. The number of aromatic nitrogens is 4. The number of fused-ring (bicyclic) bond motifs is 1. The lowest BCUT2D eigenvalue weighted by molar-refractivity contribution is 0.0740. The number of hydrogen-bond acceptors (Lipinski definition) is 5. The molecule has 3 aromatic rings. The second-order valence-corrected chi connectivity index (χ2v) is 5.92. The molecule has 3 rings (SSSR count). The van der Waals surface area contributed by atoms with Gasteiger partial charge in [-0.25, -0.2) is 4.98 Å². The van der Waals surface area contributed by atoms with Crippen molar-refractivity contribution in [1.82, 2.24) is 19.6 Å². The zero-order valence-electron chi connectivity index (χ0n) is 13.5. The van der Waals surface area contributed by atoms with Gasteiger partial charge in [-0.2, -0.15) is 9.61 Å². The second kappa shape index (κ2) is 6.00. The van der Waals surface area contributed by atoms with E-state index >= 15 is 0 Å². The summed E-state index contributed by atoms with van der Waals surface area (Å²) in [5.41, 5.74) is 2.29. The summed E-state index contributed by atoms with van der Waals surface area (Å²) in [6.45, 7) is 6.01. The van der Waals surface area contributed by atoms with Crippen molar-refractivity contribution in [2.24, 2.45) is 0 Å². The van der Waals surface area contributed by atoms with E-state index in [-0.39, 0.29) is 0 Å². The fraction of sp³-hybridized carbons (Fsp3) is 0.312.